The van der Waals surface area contributed by atoms with Crippen molar-refractivity contribution in [1.82, 2.24) is 19.7 Å². The minimum atomic E-state index is -4.59. The summed E-state index contributed by atoms with van der Waals surface area (Å²) in [7, 11) is -7.83. The third kappa shape index (κ3) is 8.13. The van der Waals surface area contributed by atoms with E-state index in [2.05, 4.69) is 5.10 Å². The number of hydrogen-bond donors (Lipinski definition) is 0. The molecule has 1 amide bonds. The van der Waals surface area contributed by atoms with Crippen LogP contribution < -0.4 is 8.37 Å². The molecule has 0 saturated carbocycles. The predicted molar refractivity (Wildman–Crippen MR) is 152 cm³/mol. The van der Waals surface area contributed by atoms with Crippen LogP contribution in [0.5, 0.6) is 11.5 Å². The monoisotopic (exact) mass is 694 g/mol. The maximum atomic E-state index is 13.0. The highest BCUT2D eigenvalue weighted by Crippen LogP contribution is 2.39. The minimum absolute atomic E-state index is 0.0172. The summed E-state index contributed by atoms with van der Waals surface area (Å²) in [5.74, 6) is -0.419. The van der Waals surface area contributed by atoms with Gasteiger partial charge in [-0.15, -0.1) is 11.3 Å². The molecule has 1 saturated heterocycles. The first-order valence-corrected chi connectivity index (χ1v) is 18.0. The lowest BCUT2D eigenvalue weighted by molar-refractivity contribution is -0.155. The van der Waals surface area contributed by atoms with Crippen molar-refractivity contribution in [3.8, 4) is 11.5 Å². The van der Waals surface area contributed by atoms with Gasteiger partial charge in [0.2, 0.25) is 12.2 Å². The van der Waals surface area contributed by atoms with E-state index in [9.17, 15) is 34.8 Å². The summed E-state index contributed by atoms with van der Waals surface area (Å²) in [5.41, 5.74) is 0.146. The summed E-state index contributed by atoms with van der Waals surface area (Å²) in [6.45, 7) is 1.57. The summed E-state index contributed by atoms with van der Waals surface area (Å²) in [5, 5.41) is 6.07. The standard InChI is InChI=1S/C26H29F3N4O9S3/c1-15-10-22(26(27,28)29)31-33(15)11-23(34)32-8-6-16(7-9-32)24-30-19(14-43-24)25-39-12-17-18(13-40-25)21(42-45(3,37)38)5-4-20(17)41-44(2,35)36/h4-5,10,14,16,25H,6-9,11-13H2,1-3H3. The molecular formula is C26H29F3N4O9S3. The molecule has 1 aromatic carbocycles. The molecular weight excluding hydrogens is 666 g/mol. The third-order valence-electron chi connectivity index (χ3n) is 7.12. The fourth-order valence-corrected chi connectivity index (χ4v) is 6.95. The van der Waals surface area contributed by atoms with Crippen molar-refractivity contribution in [2.24, 2.45) is 0 Å². The number of likely N-dealkylation sites (tertiary alicyclic amines) is 1. The predicted octanol–water partition coefficient (Wildman–Crippen LogP) is 3.50. The molecule has 45 heavy (non-hydrogen) atoms. The van der Waals surface area contributed by atoms with Crippen molar-refractivity contribution >= 4 is 37.5 Å². The highest BCUT2D eigenvalue weighted by molar-refractivity contribution is 7.86. The first-order valence-electron chi connectivity index (χ1n) is 13.5. The highest BCUT2D eigenvalue weighted by Gasteiger charge is 2.35. The zero-order chi connectivity index (χ0) is 32.7. The Labute approximate surface area is 261 Å². The van der Waals surface area contributed by atoms with Crippen LogP contribution in [0.4, 0.5) is 13.2 Å². The van der Waals surface area contributed by atoms with Crippen LogP contribution in [-0.4, -0.2) is 68.0 Å². The fourth-order valence-electron chi connectivity index (χ4n) is 4.99. The Morgan fingerprint density at radius 3 is 2.07 bits per heavy atom. The average molecular weight is 695 g/mol. The number of aryl methyl sites for hydroxylation is 1. The number of alkyl halides is 3. The van der Waals surface area contributed by atoms with Gasteiger partial charge in [0, 0.05) is 41.2 Å². The smallest absolute Gasteiger partial charge is 0.382 e. The van der Waals surface area contributed by atoms with Gasteiger partial charge in [-0.2, -0.15) is 35.1 Å². The van der Waals surface area contributed by atoms with E-state index in [1.54, 1.807) is 10.3 Å². The van der Waals surface area contributed by atoms with Crippen molar-refractivity contribution in [2.75, 3.05) is 25.6 Å². The fraction of sp³-hybridized carbons (Fsp3) is 0.500. The van der Waals surface area contributed by atoms with Crippen LogP contribution in [0.15, 0.2) is 23.6 Å². The van der Waals surface area contributed by atoms with Gasteiger partial charge >= 0.3 is 26.4 Å². The van der Waals surface area contributed by atoms with Crippen LogP contribution in [0.1, 0.15) is 58.3 Å². The number of fused-ring (bicyclic) bond motifs is 1. The van der Waals surface area contributed by atoms with Crippen LogP contribution >= 0.6 is 11.3 Å². The number of carbonyl (C=O) groups is 1. The largest absolute Gasteiger partial charge is 0.435 e. The van der Waals surface area contributed by atoms with Crippen molar-refractivity contribution < 1.29 is 52.6 Å². The summed E-state index contributed by atoms with van der Waals surface area (Å²) in [4.78, 5) is 19.1. The van der Waals surface area contributed by atoms with Crippen LogP contribution in [0.2, 0.25) is 0 Å². The Hall–Kier alpha value is -3.26. The molecule has 0 spiro atoms. The number of nitrogens with zero attached hydrogens (tertiary/aromatic N) is 4. The van der Waals surface area contributed by atoms with E-state index in [1.807, 2.05) is 0 Å². The van der Waals surface area contributed by atoms with Crippen LogP contribution in [0, 0.1) is 6.92 Å². The molecule has 0 bridgehead atoms. The molecule has 0 unspecified atom stereocenters. The van der Waals surface area contributed by atoms with E-state index in [0.29, 0.717) is 31.6 Å². The summed E-state index contributed by atoms with van der Waals surface area (Å²) in [6.07, 6.45) is -2.64. The molecule has 13 nitrogen and oxygen atoms in total. The normalized spacial score (nSPS) is 17.2. The molecule has 2 aliphatic rings. The Morgan fingerprint density at radius 2 is 1.58 bits per heavy atom. The zero-order valence-electron chi connectivity index (χ0n) is 24.2. The van der Waals surface area contributed by atoms with Gasteiger partial charge in [-0.25, -0.2) is 4.98 Å². The quantitative estimate of drug-likeness (QED) is 0.318. The minimum Gasteiger partial charge on any atom is -0.382 e. The highest BCUT2D eigenvalue weighted by atomic mass is 32.2. The van der Waals surface area contributed by atoms with E-state index >= 15 is 0 Å². The second-order valence-electron chi connectivity index (χ2n) is 10.6. The van der Waals surface area contributed by atoms with Crippen LogP contribution in [0.25, 0.3) is 0 Å². The Balaban J connectivity index is 1.23. The number of hydrogen-bond acceptors (Lipinski definition) is 12. The van der Waals surface area contributed by atoms with Gasteiger partial charge in [-0.1, -0.05) is 0 Å². The lowest BCUT2D eigenvalue weighted by atomic mass is 9.97. The summed E-state index contributed by atoms with van der Waals surface area (Å²) >= 11 is 1.38. The van der Waals surface area contributed by atoms with Gasteiger partial charge in [0.05, 0.1) is 30.7 Å². The number of ether oxygens (including phenoxy) is 2. The lowest BCUT2D eigenvalue weighted by Gasteiger charge is -2.31. The van der Waals surface area contributed by atoms with Gasteiger partial charge in [-0.3, -0.25) is 9.48 Å². The van der Waals surface area contributed by atoms with E-state index in [4.69, 9.17) is 22.8 Å². The number of piperidine rings is 1. The summed E-state index contributed by atoms with van der Waals surface area (Å²) < 4.78 is 109. The number of carbonyl (C=O) groups excluding carboxylic acids is 1. The third-order valence-corrected chi connectivity index (χ3v) is 9.11. The molecule has 0 N–H and O–H groups in total. The number of benzene rings is 1. The first kappa shape index (κ1) is 33.1. The molecule has 4 heterocycles. The average Bonchev–Trinajstić information content (AvgIpc) is 3.50. The molecule has 0 radical (unpaired) electrons. The zero-order valence-corrected chi connectivity index (χ0v) is 26.7. The van der Waals surface area contributed by atoms with E-state index in [1.165, 1.54) is 30.4 Å². The molecule has 1 fully saturated rings. The molecule has 19 heteroatoms. The maximum absolute atomic E-state index is 13.0. The van der Waals surface area contributed by atoms with E-state index in [0.717, 1.165) is 28.3 Å². The van der Waals surface area contributed by atoms with Gasteiger partial charge in [0.1, 0.15) is 23.7 Å². The summed E-state index contributed by atoms with van der Waals surface area (Å²) in [6, 6.07) is 3.46. The number of aromatic nitrogens is 3. The number of rotatable bonds is 8. The molecule has 246 valence electrons. The SMILES string of the molecule is Cc1cc(C(F)(F)F)nn1CC(=O)N1CCC(c2nc(C3OCc4c(OS(C)(=O)=O)ccc(OS(C)(=O)=O)c4CO3)cs2)CC1. The number of thiazole rings is 1. The van der Waals surface area contributed by atoms with Crippen molar-refractivity contribution in [3.63, 3.8) is 0 Å². The van der Waals surface area contributed by atoms with Gasteiger partial charge in [0.25, 0.3) is 0 Å². The molecule has 0 aliphatic carbocycles. The molecule has 3 aromatic rings. The van der Waals surface area contributed by atoms with E-state index in [-0.39, 0.29) is 59.9 Å². The Morgan fingerprint density at radius 1 is 1.02 bits per heavy atom. The number of amides is 1. The van der Waals surface area contributed by atoms with Crippen LogP contribution in [-0.2, 0) is 60.4 Å². The first-order chi connectivity index (χ1) is 21.0. The van der Waals surface area contributed by atoms with Gasteiger partial charge in [0.15, 0.2) is 5.69 Å². The molecule has 0 atom stereocenters. The lowest BCUT2D eigenvalue weighted by Crippen LogP contribution is -2.40. The Kier molecular flexibility index (Phi) is 9.20. The topological polar surface area (TPSA) is 156 Å². The van der Waals surface area contributed by atoms with Crippen molar-refractivity contribution in [3.05, 3.63) is 56.8 Å². The molecule has 2 aliphatic heterocycles. The van der Waals surface area contributed by atoms with E-state index < -0.39 is 38.4 Å². The second kappa shape index (κ2) is 12.5. The molecule has 5 rings (SSSR count). The van der Waals surface area contributed by atoms with Gasteiger partial charge < -0.3 is 22.7 Å². The maximum Gasteiger partial charge on any atom is 0.435 e. The second-order valence-corrected chi connectivity index (χ2v) is 14.7. The van der Waals surface area contributed by atoms with Crippen LogP contribution in [0.3, 0.4) is 0 Å². The van der Waals surface area contributed by atoms with Crippen molar-refractivity contribution in [2.45, 2.75) is 57.9 Å². The van der Waals surface area contributed by atoms with Gasteiger partial charge in [-0.05, 0) is 38.0 Å². The van der Waals surface area contributed by atoms with Crippen molar-refractivity contribution in [1.29, 1.82) is 0 Å². The molecule has 2 aromatic heterocycles. The number of halogens is 3. The Bertz CT molecular complexity index is 1730.